The van der Waals surface area contributed by atoms with Crippen molar-refractivity contribution in [3.8, 4) is 5.75 Å². The molecule has 25 heavy (non-hydrogen) atoms. The number of benzene rings is 2. The highest BCUT2D eigenvalue weighted by Gasteiger charge is 2.07. The summed E-state index contributed by atoms with van der Waals surface area (Å²) in [5.41, 5.74) is 0.989. The fourth-order valence-corrected chi connectivity index (χ4v) is 2.12. The van der Waals surface area contributed by atoms with Crippen LogP contribution in [0.1, 0.15) is 6.42 Å². The highest BCUT2D eigenvalue weighted by atomic mass is 35.5. The van der Waals surface area contributed by atoms with E-state index in [4.69, 9.17) is 16.3 Å². The lowest BCUT2D eigenvalue weighted by Crippen LogP contribution is -2.31. The molecule has 0 unspecified atom stereocenters. The summed E-state index contributed by atoms with van der Waals surface area (Å²) in [5.74, 6) is -0.201. The highest BCUT2D eigenvalue weighted by Crippen LogP contribution is 2.19. The first-order valence-corrected chi connectivity index (χ1v) is 7.79. The van der Waals surface area contributed by atoms with E-state index in [-0.39, 0.29) is 23.9 Å². The van der Waals surface area contributed by atoms with Crippen LogP contribution in [0.3, 0.4) is 0 Å². The number of methoxy groups -OCH3 is 1. The van der Waals surface area contributed by atoms with E-state index in [1.54, 1.807) is 31.4 Å². The number of amides is 3. The van der Waals surface area contributed by atoms with Crippen LogP contribution < -0.4 is 20.7 Å². The van der Waals surface area contributed by atoms with Crippen molar-refractivity contribution in [1.82, 2.24) is 5.32 Å². The summed E-state index contributed by atoms with van der Waals surface area (Å²) in [5, 5.41) is 7.70. The van der Waals surface area contributed by atoms with E-state index in [1.807, 2.05) is 0 Å². The minimum atomic E-state index is -0.559. The van der Waals surface area contributed by atoms with E-state index in [1.165, 1.54) is 18.2 Å². The Morgan fingerprint density at radius 2 is 1.76 bits per heavy atom. The van der Waals surface area contributed by atoms with E-state index in [0.29, 0.717) is 17.1 Å². The summed E-state index contributed by atoms with van der Waals surface area (Å²) in [6.07, 6.45) is 0.0605. The Kier molecular flexibility index (Phi) is 6.59. The molecule has 2 rings (SSSR count). The Morgan fingerprint density at radius 1 is 1.08 bits per heavy atom. The minimum Gasteiger partial charge on any atom is -0.497 e. The predicted octanol–water partition coefficient (Wildman–Crippen LogP) is 3.64. The first kappa shape index (κ1) is 18.5. The molecular formula is C17H17ClFN3O3. The molecule has 8 heteroatoms. The maximum Gasteiger partial charge on any atom is 0.319 e. The van der Waals surface area contributed by atoms with E-state index in [9.17, 15) is 14.0 Å². The molecule has 132 valence electrons. The molecule has 0 fully saturated rings. The van der Waals surface area contributed by atoms with Crippen molar-refractivity contribution >= 4 is 34.9 Å². The van der Waals surface area contributed by atoms with Crippen molar-refractivity contribution in [2.24, 2.45) is 0 Å². The van der Waals surface area contributed by atoms with Crippen LogP contribution >= 0.6 is 11.6 Å². The topological polar surface area (TPSA) is 79.5 Å². The molecule has 3 N–H and O–H groups in total. The monoisotopic (exact) mass is 365 g/mol. The number of hydrogen-bond donors (Lipinski definition) is 3. The van der Waals surface area contributed by atoms with E-state index < -0.39 is 11.8 Å². The molecule has 0 aromatic heterocycles. The smallest absolute Gasteiger partial charge is 0.319 e. The number of nitrogens with one attached hydrogen (secondary N) is 3. The van der Waals surface area contributed by atoms with Crippen LogP contribution in [0.15, 0.2) is 42.5 Å². The fraction of sp³-hybridized carbons (Fsp3) is 0.176. The Labute approximate surface area is 149 Å². The third kappa shape index (κ3) is 5.96. The molecule has 0 aliphatic heterocycles. The van der Waals surface area contributed by atoms with Gasteiger partial charge in [0, 0.05) is 24.3 Å². The Balaban J connectivity index is 1.72. The fourth-order valence-electron chi connectivity index (χ4n) is 1.94. The van der Waals surface area contributed by atoms with Crippen molar-refractivity contribution in [3.63, 3.8) is 0 Å². The summed E-state index contributed by atoms with van der Waals surface area (Å²) in [6, 6.07) is 10.3. The second-order valence-electron chi connectivity index (χ2n) is 5.04. The normalized spacial score (nSPS) is 10.0. The van der Waals surface area contributed by atoms with Crippen molar-refractivity contribution < 1.29 is 18.7 Å². The predicted molar refractivity (Wildman–Crippen MR) is 94.7 cm³/mol. The van der Waals surface area contributed by atoms with Crippen LogP contribution in [0.5, 0.6) is 5.75 Å². The molecule has 6 nitrogen and oxygen atoms in total. The molecule has 0 saturated heterocycles. The molecule has 0 saturated carbocycles. The minimum absolute atomic E-state index is 0.0605. The number of rotatable bonds is 6. The molecule has 0 bridgehead atoms. The molecule has 3 amide bonds. The van der Waals surface area contributed by atoms with Gasteiger partial charge >= 0.3 is 6.03 Å². The van der Waals surface area contributed by atoms with Crippen LogP contribution in [0.25, 0.3) is 0 Å². The van der Waals surface area contributed by atoms with Gasteiger partial charge < -0.3 is 20.7 Å². The number of hydrogen-bond acceptors (Lipinski definition) is 3. The molecule has 0 heterocycles. The zero-order valence-corrected chi connectivity index (χ0v) is 14.2. The van der Waals surface area contributed by atoms with Gasteiger partial charge in [0.15, 0.2) is 0 Å². The zero-order chi connectivity index (χ0) is 18.2. The molecule has 0 aliphatic rings. The number of urea groups is 1. The number of halogens is 2. The van der Waals surface area contributed by atoms with E-state index in [0.717, 1.165) is 0 Å². The van der Waals surface area contributed by atoms with Crippen LogP contribution in [0.4, 0.5) is 20.6 Å². The average molecular weight is 366 g/mol. The lowest BCUT2D eigenvalue weighted by Gasteiger charge is -2.09. The molecular weight excluding hydrogens is 349 g/mol. The van der Waals surface area contributed by atoms with Crippen molar-refractivity contribution in [3.05, 3.63) is 53.3 Å². The number of carbonyl (C=O) groups excluding carboxylic acids is 2. The SMILES string of the molecule is COc1ccc(NC(=O)NCCC(=O)Nc2ccc(F)c(Cl)c2)cc1. The molecule has 2 aromatic rings. The Morgan fingerprint density at radius 3 is 2.40 bits per heavy atom. The largest absolute Gasteiger partial charge is 0.497 e. The third-order valence-corrected chi connectivity index (χ3v) is 3.48. The number of anilines is 2. The Bertz CT molecular complexity index is 753. The zero-order valence-electron chi connectivity index (χ0n) is 13.4. The third-order valence-electron chi connectivity index (χ3n) is 3.19. The maximum absolute atomic E-state index is 13.0. The summed E-state index contributed by atoms with van der Waals surface area (Å²) in [4.78, 5) is 23.5. The molecule has 0 radical (unpaired) electrons. The van der Waals surface area contributed by atoms with Gasteiger partial charge in [0.25, 0.3) is 0 Å². The summed E-state index contributed by atoms with van der Waals surface area (Å²) >= 11 is 5.64. The molecule has 0 spiro atoms. The summed E-state index contributed by atoms with van der Waals surface area (Å²) < 4.78 is 18.1. The van der Waals surface area contributed by atoms with Gasteiger partial charge in [-0.15, -0.1) is 0 Å². The maximum atomic E-state index is 13.0. The highest BCUT2D eigenvalue weighted by molar-refractivity contribution is 6.31. The van der Waals surface area contributed by atoms with Gasteiger partial charge in [0.2, 0.25) is 5.91 Å². The first-order valence-electron chi connectivity index (χ1n) is 7.42. The van der Waals surface area contributed by atoms with Crippen LogP contribution in [-0.2, 0) is 4.79 Å². The average Bonchev–Trinajstić information content (AvgIpc) is 2.59. The number of carbonyl (C=O) groups is 2. The van der Waals surface area contributed by atoms with Crippen molar-refractivity contribution in [2.45, 2.75) is 6.42 Å². The summed E-state index contributed by atoms with van der Waals surface area (Å²) in [6.45, 7) is 0.142. The van der Waals surface area contributed by atoms with Crippen LogP contribution in [0.2, 0.25) is 5.02 Å². The second kappa shape index (κ2) is 8.89. The van der Waals surface area contributed by atoms with E-state index in [2.05, 4.69) is 16.0 Å². The van der Waals surface area contributed by atoms with Crippen LogP contribution in [0, 0.1) is 5.82 Å². The van der Waals surface area contributed by atoms with Crippen molar-refractivity contribution in [1.29, 1.82) is 0 Å². The van der Waals surface area contributed by atoms with Gasteiger partial charge in [-0.3, -0.25) is 4.79 Å². The summed E-state index contributed by atoms with van der Waals surface area (Å²) in [7, 11) is 1.56. The number of ether oxygens (including phenoxy) is 1. The van der Waals surface area contributed by atoms with Gasteiger partial charge in [0.05, 0.1) is 12.1 Å². The quantitative estimate of drug-likeness (QED) is 0.731. The van der Waals surface area contributed by atoms with Crippen molar-refractivity contribution in [2.75, 3.05) is 24.3 Å². The van der Waals surface area contributed by atoms with E-state index >= 15 is 0 Å². The van der Waals surface area contributed by atoms with Crippen LogP contribution in [-0.4, -0.2) is 25.6 Å². The van der Waals surface area contributed by atoms with Gasteiger partial charge in [-0.25, -0.2) is 9.18 Å². The second-order valence-corrected chi connectivity index (χ2v) is 5.44. The van der Waals surface area contributed by atoms with Gasteiger partial charge in [-0.1, -0.05) is 11.6 Å². The molecule has 0 atom stereocenters. The van der Waals surface area contributed by atoms with Gasteiger partial charge in [-0.05, 0) is 42.5 Å². The molecule has 2 aromatic carbocycles. The first-order chi connectivity index (χ1) is 12.0. The van der Waals surface area contributed by atoms with Gasteiger partial charge in [-0.2, -0.15) is 0 Å². The standard InChI is InChI=1S/C17H17ClFN3O3/c1-25-13-5-2-11(3-6-13)22-17(24)20-9-8-16(23)21-12-4-7-15(19)14(18)10-12/h2-7,10H,8-9H2,1H3,(H,21,23)(H2,20,22,24). The lowest BCUT2D eigenvalue weighted by molar-refractivity contribution is -0.116. The Hall–Kier alpha value is -2.80. The van der Waals surface area contributed by atoms with Gasteiger partial charge in [0.1, 0.15) is 11.6 Å². The lowest BCUT2D eigenvalue weighted by atomic mass is 10.3. The molecule has 0 aliphatic carbocycles.